The lowest BCUT2D eigenvalue weighted by Crippen LogP contribution is -1.95. The third-order valence-corrected chi connectivity index (χ3v) is 3.10. The van der Waals surface area contributed by atoms with Crippen LogP contribution in [0.1, 0.15) is 12.6 Å². The highest BCUT2D eigenvalue weighted by Gasteiger charge is 2.12. The summed E-state index contributed by atoms with van der Waals surface area (Å²) in [6.45, 7) is 1.98. The van der Waals surface area contributed by atoms with E-state index in [1.54, 1.807) is 0 Å². The largest absolute Gasteiger partial charge is 0.426 e. The topological polar surface area (TPSA) is 48.1 Å². The molecule has 90 valence electrons. The number of thiazole rings is 1. The molecule has 2 N–H and O–H groups in total. The summed E-state index contributed by atoms with van der Waals surface area (Å²) in [6, 6.07) is 2.59. The second kappa shape index (κ2) is 4.89. The number of rotatable bonds is 3. The van der Waals surface area contributed by atoms with Crippen LogP contribution in [0.25, 0.3) is 0 Å². The van der Waals surface area contributed by atoms with Gasteiger partial charge in [0.25, 0.3) is 5.19 Å². The fraction of sp³-hybridized carbons (Fsp3) is 0.182. The van der Waals surface area contributed by atoms with E-state index >= 15 is 0 Å². The van der Waals surface area contributed by atoms with E-state index in [9.17, 15) is 4.39 Å². The number of benzene rings is 1. The standard InChI is InChI=1S/C11H10ClFN2OS/c1-2-7-5-17-11(15-7)16-10-8(13)3-6(12)4-9(10)14/h3-5H,2,14H2,1H3. The predicted octanol–water partition coefficient (Wildman–Crippen LogP) is 3.87. The molecule has 17 heavy (non-hydrogen) atoms. The second-order valence-corrected chi connectivity index (χ2v) is 4.62. The van der Waals surface area contributed by atoms with E-state index in [0.29, 0.717) is 5.19 Å². The van der Waals surface area contributed by atoms with Gasteiger partial charge in [0.05, 0.1) is 11.4 Å². The molecule has 0 bridgehead atoms. The molecule has 0 aliphatic carbocycles. The first-order valence-electron chi connectivity index (χ1n) is 4.97. The molecule has 0 spiro atoms. The fourth-order valence-corrected chi connectivity index (χ4v) is 2.24. The molecule has 2 aromatic rings. The first kappa shape index (κ1) is 12.1. The Morgan fingerprint density at radius 1 is 1.53 bits per heavy atom. The van der Waals surface area contributed by atoms with Crippen LogP contribution in [0.3, 0.4) is 0 Å². The predicted molar refractivity (Wildman–Crippen MR) is 67.4 cm³/mol. The summed E-state index contributed by atoms with van der Waals surface area (Å²) in [4.78, 5) is 4.17. The molecule has 0 fully saturated rings. The van der Waals surface area contributed by atoms with Gasteiger partial charge in [0.1, 0.15) is 0 Å². The molecule has 2 rings (SSSR count). The Hall–Kier alpha value is -1.33. The number of nitrogens with two attached hydrogens (primary N) is 1. The zero-order valence-corrected chi connectivity index (χ0v) is 10.6. The van der Waals surface area contributed by atoms with Crippen molar-refractivity contribution in [1.82, 2.24) is 4.98 Å². The number of aromatic nitrogens is 1. The molecule has 1 aromatic carbocycles. The number of anilines is 1. The Kier molecular flexibility index (Phi) is 3.49. The van der Waals surface area contributed by atoms with Crippen LogP contribution < -0.4 is 10.5 Å². The number of hydrogen-bond acceptors (Lipinski definition) is 4. The van der Waals surface area contributed by atoms with Gasteiger partial charge in [-0.15, -0.1) is 0 Å². The summed E-state index contributed by atoms with van der Waals surface area (Å²) in [6.07, 6.45) is 0.804. The highest BCUT2D eigenvalue weighted by molar-refractivity contribution is 7.11. The number of nitrogens with zero attached hydrogens (tertiary/aromatic N) is 1. The van der Waals surface area contributed by atoms with E-state index in [-0.39, 0.29) is 16.5 Å². The number of aryl methyl sites for hydroxylation is 1. The Morgan fingerprint density at radius 3 is 2.88 bits per heavy atom. The molecule has 1 aromatic heterocycles. The number of halogens is 2. The zero-order valence-electron chi connectivity index (χ0n) is 9.04. The van der Waals surface area contributed by atoms with Gasteiger partial charge in [0.15, 0.2) is 11.6 Å². The summed E-state index contributed by atoms with van der Waals surface area (Å²) < 4.78 is 18.9. The van der Waals surface area contributed by atoms with Crippen LogP contribution in [0.2, 0.25) is 5.02 Å². The summed E-state index contributed by atoms with van der Waals surface area (Å²) in [7, 11) is 0. The Bertz CT molecular complexity index is 521. The van der Waals surface area contributed by atoms with Gasteiger partial charge in [-0.1, -0.05) is 29.9 Å². The molecule has 0 aliphatic rings. The molecule has 0 radical (unpaired) electrons. The zero-order chi connectivity index (χ0) is 12.4. The molecule has 0 saturated carbocycles. The van der Waals surface area contributed by atoms with Crippen molar-refractivity contribution in [3.05, 3.63) is 34.0 Å². The van der Waals surface area contributed by atoms with Crippen LogP contribution >= 0.6 is 22.9 Å². The van der Waals surface area contributed by atoms with Crippen molar-refractivity contribution in [3.63, 3.8) is 0 Å². The van der Waals surface area contributed by atoms with Crippen molar-refractivity contribution in [2.75, 3.05) is 5.73 Å². The monoisotopic (exact) mass is 272 g/mol. The van der Waals surface area contributed by atoms with Gasteiger partial charge < -0.3 is 10.5 Å². The molecule has 3 nitrogen and oxygen atoms in total. The third-order valence-electron chi connectivity index (χ3n) is 2.12. The van der Waals surface area contributed by atoms with Crippen LogP contribution in [-0.4, -0.2) is 4.98 Å². The van der Waals surface area contributed by atoms with E-state index in [2.05, 4.69) is 4.98 Å². The lowest BCUT2D eigenvalue weighted by Gasteiger charge is -2.06. The summed E-state index contributed by atoms with van der Waals surface area (Å²) in [5.41, 5.74) is 6.69. The molecule has 0 unspecified atom stereocenters. The van der Waals surface area contributed by atoms with E-state index in [4.69, 9.17) is 22.1 Å². The van der Waals surface area contributed by atoms with Crippen molar-refractivity contribution in [2.45, 2.75) is 13.3 Å². The average molecular weight is 273 g/mol. The van der Waals surface area contributed by atoms with Crippen molar-refractivity contribution in [1.29, 1.82) is 0 Å². The van der Waals surface area contributed by atoms with E-state index in [1.807, 2.05) is 12.3 Å². The van der Waals surface area contributed by atoms with Crippen molar-refractivity contribution >= 4 is 28.6 Å². The molecule has 0 saturated heterocycles. The maximum absolute atomic E-state index is 13.6. The van der Waals surface area contributed by atoms with Gasteiger partial charge in [-0.2, -0.15) is 0 Å². The number of hydrogen-bond donors (Lipinski definition) is 1. The third kappa shape index (κ3) is 2.68. The lowest BCUT2D eigenvalue weighted by molar-refractivity contribution is 0.441. The highest BCUT2D eigenvalue weighted by atomic mass is 35.5. The van der Waals surface area contributed by atoms with Crippen molar-refractivity contribution < 1.29 is 9.13 Å². The Labute approximate surface area is 107 Å². The fourth-order valence-electron chi connectivity index (χ4n) is 1.27. The molecule has 1 heterocycles. The minimum absolute atomic E-state index is 0.0357. The first-order valence-corrected chi connectivity index (χ1v) is 6.22. The van der Waals surface area contributed by atoms with Crippen molar-refractivity contribution in [3.8, 4) is 10.9 Å². The summed E-state index contributed by atoms with van der Waals surface area (Å²) in [5.74, 6) is -0.630. The second-order valence-electron chi connectivity index (χ2n) is 3.37. The molecule has 0 aliphatic heterocycles. The molecule has 0 amide bonds. The van der Waals surface area contributed by atoms with E-state index in [0.717, 1.165) is 18.2 Å². The smallest absolute Gasteiger partial charge is 0.279 e. The van der Waals surface area contributed by atoms with E-state index < -0.39 is 5.82 Å². The van der Waals surface area contributed by atoms with E-state index in [1.165, 1.54) is 17.4 Å². The SMILES string of the molecule is CCc1csc(Oc2c(N)cc(Cl)cc2F)n1. The maximum Gasteiger partial charge on any atom is 0.279 e. The van der Waals surface area contributed by atoms with Crippen molar-refractivity contribution in [2.24, 2.45) is 0 Å². The number of nitrogen functional groups attached to an aromatic ring is 1. The minimum Gasteiger partial charge on any atom is -0.426 e. The first-order chi connectivity index (χ1) is 8.10. The van der Waals surface area contributed by atoms with Crippen LogP contribution in [0.4, 0.5) is 10.1 Å². The maximum atomic E-state index is 13.6. The highest BCUT2D eigenvalue weighted by Crippen LogP contribution is 2.34. The van der Waals surface area contributed by atoms with Crippen LogP contribution in [-0.2, 0) is 6.42 Å². The Balaban J connectivity index is 2.29. The van der Waals surface area contributed by atoms with Gasteiger partial charge in [0.2, 0.25) is 0 Å². The van der Waals surface area contributed by atoms with Gasteiger partial charge in [-0.25, -0.2) is 9.37 Å². The molecular formula is C11H10ClFN2OS. The lowest BCUT2D eigenvalue weighted by atomic mass is 10.3. The van der Waals surface area contributed by atoms with Crippen LogP contribution in [0.15, 0.2) is 17.5 Å². The van der Waals surface area contributed by atoms with Crippen LogP contribution in [0, 0.1) is 5.82 Å². The van der Waals surface area contributed by atoms with Gasteiger partial charge in [0, 0.05) is 10.4 Å². The van der Waals surface area contributed by atoms with Gasteiger partial charge >= 0.3 is 0 Å². The quantitative estimate of drug-likeness (QED) is 0.863. The minimum atomic E-state index is -0.594. The summed E-state index contributed by atoms with van der Waals surface area (Å²) >= 11 is 6.97. The molecule has 6 heteroatoms. The van der Waals surface area contributed by atoms with Crippen LogP contribution in [0.5, 0.6) is 10.9 Å². The Morgan fingerprint density at radius 2 is 2.29 bits per heavy atom. The summed E-state index contributed by atoms with van der Waals surface area (Å²) in [5, 5.41) is 2.47. The molecule has 0 atom stereocenters. The normalized spacial score (nSPS) is 10.5. The molecular weight excluding hydrogens is 263 g/mol. The number of ether oxygens (including phenoxy) is 1. The van der Waals surface area contributed by atoms with Gasteiger partial charge in [-0.3, -0.25) is 0 Å². The van der Waals surface area contributed by atoms with Gasteiger partial charge in [-0.05, 0) is 18.6 Å². The average Bonchev–Trinajstić information content (AvgIpc) is 2.71.